The third-order valence-corrected chi connectivity index (χ3v) is 4.78. The molecule has 1 aromatic carbocycles. The van der Waals surface area contributed by atoms with E-state index in [0.29, 0.717) is 0 Å². The second kappa shape index (κ2) is 5.42. The largest absolute Gasteiger partial charge is 0.316 e. The fourth-order valence-corrected chi connectivity index (χ4v) is 2.91. The molecule has 3 atom stereocenters. The molecule has 0 aromatic heterocycles. The summed E-state index contributed by atoms with van der Waals surface area (Å²) in [6.45, 7) is 6.08. The van der Waals surface area contributed by atoms with Gasteiger partial charge >= 0.3 is 0 Å². The summed E-state index contributed by atoms with van der Waals surface area (Å²) in [5.41, 5.74) is 1.10. The summed E-state index contributed by atoms with van der Waals surface area (Å²) < 4.78 is 12.2. The fourth-order valence-electron chi connectivity index (χ4n) is 1.40. The maximum Gasteiger partial charge on any atom is 0.0576 e. The minimum atomic E-state index is -0.932. The van der Waals surface area contributed by atoms with Crippen molar-refractivity contribution in [3.8, 4) is 0 Å². The molecule has 0 aliphatic rings. The first-order chi connectivity index (χ1) is 7.07. The summed E-state index contributed by atoms with van der Waals surface area (Å²) in [5, 5.41) is 3.26. The van der Waals surface area contributed by atoms with Gasteiger partial charge < -0.3 is 5.32 Å². The van der Waals surface area contributed by atoms with Crippen LogP contribution in [0.3, 0.4) is 0 Å². The average molecular weight is 225 g/mol. The molecule has 84 valence electrons. The maximum atomic E-state index is 12.2. The quantitative estimate of drug-likeness (QED) is 0.850. The van der Waals surface area contributed by atoms with Crippen LogP contribution >= 0.6 is 0 Å². The van der Waals surface area contributed by atoms with Crippen LogP contribution in [0.25, 0.3) is 0 Å². The van der Waals surface area contributed by atoms with Gasteiger partial charge in [-0.3, -0.25) is 4.21 Å². The van der Waals surface area contributed by atoms with E-state index >= 15 is 0 Å². The lowest BCUT2D eigenvalue weighted by Crippen LogP contribution is -2.35. The van der Waals surface area contributed by atoms with Gasteiger partial charge in [0, 0.05) is 10.9 Å². The van der Waals surface area contributed by atoms with Gasteiger partial charge in [-0.15, -0.1) is 0 Å². The number of aryl methyl sites for hydroxylation is 1. The summed E-state index contributed by atoms with van der Waals surface area (Å²) in [7, 11) is 0.967. The molecule has 0 saturated heterocycles. The van der Waals surface area contributed by atoms with Crippen LogP contribution in [0.4, 0.5) is 0 Å². The first kappa shape index (κ1) is 12.4. The third-order valence-electron chi connectivity index (χ3n) is 2.81. The number of hydrogen-bond donors (Lipinski definition) is 1. The molecule has 0 amide bonds. The lowest BCUT2D eigenvalue weighted by atomic mass is 10.2. The van der Waals surface area contributed by atoms with Crippen molar-refractivity contribution in [1.29, 1.82) is 0 Å². The lowest BCUT2D eigenvalue weighted by Gasteiger charge is -2.19. The van der Waals surface area contributed by atoms with Gasteiger partial charge in [0.1, 0.15) is 0 Å². The molecule has 3 heteroatoms. The molecule has 3 unspecified atom stereocenters. The Kier molecular flexibility index (Phi) is 4.48. The van der Waals surface area contributed by atoms with Gasteiger partial charge in [0.15, 0.2) is 0 Å². The molecule has 0 aliphatic carbocycles. The highest BCUT2D eigenvalue weighted by Crippen LogP contribution is 2.17. The van der Waals surface area contributed by atoms with Gasteiger partial charge in [-0.2, -0.15) is 0 Å². The number of hydrogen-bond acceptors (Lipinski definition) is 2. The predicted molar refractivity (Wildman–Crippen MR) is 65.6 cm³/mol. The monoisotopic (exact) mass is 225 g/mol. The van der Waals surface area contributed by atoms with Crippen molar-refractivity contribution in [2.24, 2.45) is 0 Å². The zero-order chi connectivity index (χ0) is 11.4. The molecule has 0 bridgehead atoms. The number of rotatable bonds is 4. The van der Waals surface area contributed by atoms with E-state index < -0.39 is 10.8 Å². The Balaban J connectivity index is 2.90. The van der Waals surface area contributed by atoms with Crippen molar-refractivity contribution in [2.75, 3.05) is 7.05 Å². The third kappa shape index (κ3) is 2.89. The second-order valence-electron chi connectivity index (χ2n) is 3.85. The first-order valence-electron chi connectivity index (χ1n) is 5.21. The molecule has 0 radical (unpaired) electrons. The van der Waals surface area contributed by atoms with E-state index in [2.05, 4.69) is 12.2 Å². The van der Waals surface area contributed by atoms with Crippen molar-refractivity contribution >= 4 is 10.8 Å². The van der Waals surface area contributed by atoms with Crippen LogP contribution in [0.1, 0.15) is 19.4 Å². The van der Waals surface area contributed by atoms with E-state index in [1.807, 2.05) is 45.2 Å². The summed E-state index contributed by atoms with van der Waals surface area (Å²) in [6.07, 6.45) is 0. The van der Waals surface area contributed by atoms with E-state index in [-0.39, 0.29) is 11.3 Å². The number of nitrogens with one attached hydrogen (secondary N) is 1. The molecule has 1 aromatic rings. The van der Waals surface area contributed by atoms with Crippen molar-refractivity contribution in [2.45, 2.75) is 37.0 Å². The highest BCUT2D eigenvalue weighted by Gasteiger charge is 2.19. The molecule has 0 aliphatic heterocycles. The smallest absolute Gasteiger partial charge is 0.0576 e. The lowest BCUT2D eigenvalue weighted by molar-refractivity contribution is 0.584. The van der Waals surface area contributed by atoms with E-state index in [0.717, 1.165) is 10.5 Å². The zero-order valence-electron chi connectivity index (χ0n) is 9.78. The van der Waals surface area contributed by atoms with Gasteiger partial charge in [-0.05, 0) is 39.4 Å². The molecule has 0 fully saturated rings. The van der Waals surface area contributed by atoms with Crippen LogP contribution in [0, 0.1) is 6.92 Å². The van der Waals surface area contributed by atoms with Gasteiger partial charge in [-0.25, -0.2) is 0 Å². The van der Waals surface area contributed by atoms with Crippen molar-refractivity contribution in [1.82, 2.24) is 5.32 Å². The van der Waals surface area contributed by atoms with Crippen LogP contribution in [-0.2, 0) is 10.8 Å². The topological polar surface area (TPSA) is 29.1 Å². The van der Waals surface area contributed by atoms with Gasteiger partial charge in [0.05, 0.1) is 16.0 Å². The summed E-state index contributed by atoms with van der Waals surface area (Å²) >= 11 is 0. The molecule has 1 rings (SSSR count). The molecule has 0 saturated carbocycles. The van der Waals surface area contributed by atoms with E-state index in [4.69, 9.17) is 0 Å². The first-order valence-corrected chi connectivity index (χ1v) is 6.42. The molecular formula is C12H19NOS. The Bertz CT molecular complexity index is 351. The summed E-state index contributed by atoms with van der Waals surface area (Å²) in [4.78, 5) is 0.951. The SMILES string of the molecule is CNC(C)C(C)S(=O)c1ccccc1C. The highest BCUT2D eigenvalue weighted by atomic mass is 32.2. The molecule has 1 N–H and O–H groups in total. The minimum absolute atomic E-state index is 0.121. The molecule has 0 heterocycles. The highest BCUT2D eigenvalue weighted by molar-refractivity contribution is 7.85. The normalized spacial score (nSPS) is 17.1. The Morgan fingerprint density at radius 3 is 2.40 bits per heavy atom. The van der Waals surface area contributed by atoms with Crippen LogP contribution in [0.5, 0.6) is 0 Å². The Morgan fingerprint density at radius 2 is 1.87 bits per heavy atom. The van der Waals surface area contributed by atoms with Crippen molar-refractivity contribution < 1.29 is 4.21 Å². The predicted octanol–water partition coefficient (Wildman–Crippen LogP) is 2.10. The molecule has 2 nitrogen and oxygen atoms in total. The molecular weight excluding hydrogens is 206 g/mol. The van der Waals surface area contributed by atoms with E-state index in [1.54, 1.807) is 0 Å². The standard InChI is InChI=1S/C12H19NOS/c1-9-7-5-6-8-12(9)15(14)11(3)10(2)13-4/h5-8,10-11,13H,1-4H3. The molecule has 15 heavy (non-hydrogen) atoms. The second-order valence-corrected chi connectivity index (χ2v) is 5.62. The van der Waals surface area contributed by atoms with Crippen LogP contribution in [-0.4, -0.2) is 22.5 Å². The maximum absolute atomic E-state index is 12.2. The van der Waals surface area contributed by atoms with Crippen molar-refractivity contribution in [3.63, 3.8) is 0 Å². The van der Waals surface area contributed by atoms with Crippen LogP contribution in [0.2, 0.25) is 0 Å². The summed E-state index contributed by atoms with van der Waals surface area (Å²) in [5.74, 6) is 0. The van der Waals surface area contributed by atoms with Gasteiger partial charge in [-0.1, -0.05) is 18.2 Å². The Hall–Kier alpha value is -0.670. The Labute approximate surface area is 94.5 Å². The van der Waals surface area contributed by atoms with Crippen LogP contribution in [0.15, 0.2) is 29.2 Å². The fraction of sp³-hybridized carbons (Fsp3) is 0.500. The van der Waals surface area contributed by atoms with Crippen molar-refractivity contribution in [3.05, 3.63) is 29.8 Å². The van der Waals surface area contributed by atoms with Crippen LogP contribution < -0.4 is 5.32 Å². The van der Waals surface area contributed by atoms with E-state index in [1.165, 1.54) is 0 Å². The minimum Gasteiger partial charge on any atom is -0.316 e. The molecule has 0 spiro atoms. The van der Waals surface area contributed by atoms with Gasteiger partial charge in [0.2, 0.25) is 0 Å². The number of benzene rings is 1. The zero-order valence-corrected chi connectivity index (χ0v) is 10.6. The average Bonchev–Trinajstić information content (AvgIpc) is 2.26. The Morgan fingerprint density at radius 1 is 1.27 bits per heavy atom. The van der Waals surface area contributed by atoms with E-state index in [9.17, 15) is 4.21 Å². The summed E-state index contributed by atoms with van der Waals surface area (Å²) in [6, 6.07) is 8.12. The van der Waals surface area contributed by atoms with Gasteiger partial charge in [0.25, 0.3) is 0 Å².